The maximum absolute atomic E-state index is 13.2. The van der Waals surface area contributed by atoms with Crippen molar-refractivity contribution in [2.24, 2.45) is 0 Å². The third-order valence-corrected chi connectivity index (χ3v) is 3.83. The number of thiophene rings is 1. The normalized spacial score (nSPS) is 10.5. The zero-order chi connectivity index (χ0) is 12.4. The second-order valence-electron chi connectivity index (χ2n) is 3.90. The Morgan fingerprint density at radius 1 is 1.29 bits per heavy atom. The molecule has 0 bridgehead atoms. The van der Waals surface area contributed by atoms with Crippen molar-refractivity contribution in [3.8, 4) is 10.4 Å². The number of carbonyl (C=O) groups is 1. The van der Waals surface area contributed by atoms with Crippen LogP contribution in [0.25, 0.3) is 10.4 Å². The van der Waals surface area contributed by atoms with Crippen molar-refractivity contribution < 1.29 is 9.18 Å². The minimum atomic E-state index is -0.248. The fourth-order valence-corrected chi connectivity index (χ4v) is 2.76. The summed E-state index contributed by atoms with van der Waals surface area (Å²) >= 11 is 1.43. The molecule has 1 nitrogen and oxygen atoms in total. The molecule has 17 heavy (non-hydrogen) atoms. The maximum Gasteiger partial charge on any atom is 0.172 e. The lowest BCUT2D eigenvalue weighted by Gasteiger charge is -2.02. The number of hydrogen-bond acceptors (Lipinski definition) is 2. The second-order valence-corrected chi connectivity index (χ2v) is 4.98. The predicted octanol–water partition coefficient (Wildman–Crippen LogP) is 4.46. The Hall–Kier alpha value is -1.48. The van der Waals surface area contributed by atoms with Crippen LogP contribution in [0.5, 0.6) is 0 Å². The van der Waals surface area contributed by atoms with Gasteiger partial charge in [0.15, 0.2) is 5.78 Å². The highest BCUT2D eigenvalue weighted by molar-refractivity contribution is 7.17. The molecule has 3 heteroatoms. The van der Waals surface area contributed by atoms with Crippen LogP contribution in [0.2, 0.25) is 0 Å². The van der Waals surface area contributed by atoms with Crippen LogP contribution in [-0.2, 0) is 0 Å². The molecule has 0 radical (unpaired) electrons. The number of benzene rings is 1. The molecule has 2 rings (SSSR count). The van der Waals surface area contributed by atoms with Gasteiger partial charge in [-0.25, -0.2) is 4.39 Å². The van der Waals surface area contributed by atoms with E-state index in [9.17, 15) is 9.18 Å². The van der Waals surface area contributed by atoms with E-state index in [1.807, 2.05) is 26.0 Å². The highest BCUT2D eigenvalue weighted by atomic mass is 32.1. The van der Waals surface area contributed by atoms with Crippen molar-refractivity contribution in [1.82, 2.24) is 0 Å². The topological polar surface area (TPSA) is 17.1 Å². The summed E-state index contributed by atoms with van der Waals surface area (Å²) < 4.78 is 13.2. The van der Waals surface area contributed by atoms with E-state index >= 15 is 0 Å². The quantitative estimate of drug-likeness (QED) is 0.733. The van der Waals surface area contributed by atoms with Gasteiger partial charge in [-0.1, -0.05) is 13.0 Å². The number of hydrogen-bond donors (Lipinski definition) is 0. The molecular formula is C14H13FOS. The average molecular weight is 248 g/mol. The first-order valence-electron chi connectivity index (χ1n) is 5.51. The van der Waals surface area contributed by atoms with Crippen LogP contribution in [0, 0.1) is 12.7 Å². The van der Waals surface area contributed by atoms with Gasteiger partial charge in [0.25, 0.3) is 0 Å². The monoisotopic (exact) mass is 248 g/mol. The van der Waals surface area contributed by atoms with E-state index in [1.165, 1.54) is 23.5 Å². The van der Waals surface area contributed by atoms with Gasteiger partial charge < -0.3 is 0 Å². The molecule has 0 aliphatic heterocycles. The Kier molecular flexibility index (Phi) is 3.38. The highest BCUT2D eigenvalue weighted by Gasteiger charge is 2.10. The average Bonchev–Trinajstić information content (AvgIpc) is 2.80. The Morgan fingerprint density at radius 3 is 2.76 bits per heavy atom. The van der Waals surface area contributed by atoms with Crippen molar-refractivity contribution in [1.29, 1.82) is 0 Å². The van der Waals surface area contributed by atoms with E-state index < -0.39 is 0 Å². The summed E-state index contributed by atoms with van der Waals surface area (Å²) in [4.78, 5) is 13.2. The largest absolute Gasteiger partial charge is 0.293 e. The molecule has 0 spiro atoms. The summed E-state index contributed by atoms with van der Waals surface area (Å²) in [6, 6.07) is 8.42. The Bertz CT molecular complexity index is 557. The molecule has 0 atom stereocenters. The van der Waals surface area contributed by atoms with Gasteiger partial charge in [0.2, 0.25) is 0 Å². The summed E-state index contributed by atoms with van der Waals surface area (Å²) in [6.45, 7) is 3.78. The summed E-state index contributed by atoms with van der Waals surface area (Å²) in [7, 11) is 0. The molecule has 0 unspecified atom stereocenters. The summed E-state index contributed by atoms with van der Waals surface area (Å²) in [5.74, 6) is -0.113. The van der Waals surface area contributed by atoms with Crippen LogP contribution < -0.4 is 0 Å². The molecule has 0 aliphatic rings. The highest BCUT2D eigenvalue weighted by Crippen LogP contribution is 2.31. The van der Waals surface area contributed by atoms with Gasteiger partial charge in [-0.2, -0.15) is 0 Å². The van der Waals surface area contributed by atoms with Crippen molar-refractivity contribution in [3.63, 3.8) is 0 Å². The standard InChI is InChI=1S/C14H13FOS/c1-3-12(16)14-7-6-13(17-14)11-8-10(15)5-4-9(11)2/h4-8H,3H2,1-2H3. The third kappa shape index (κ3) is 2.44. The molecular weight excluding hydrogens is 235 g/mol. The number of carbonyl (C=O) groups excluding carboxylic acids is 1. The van der Waals surface area contributed by atoms with Crippen molar-refractivity contribution in [3.05, 3.63) is 46.6 Å². The molecule has 1 aromatic carbocycles. The van der Waals surface area contributed by atoms with Crippen molar-refractivity contribution in [2.45, 2.75) is 20.3 Å². The molecule has 0 amide bonds. The van der Waals surface area contributed by atoms with Crippen LogP contribution in [0.4, 0.5) is 4.39 Å². The minimum absolute atomic E-state index is 0.135. The molecule has 0 aliphatic carbocycles. The van der Waals surface area contributed by atoms with Gasteiger partial charge in [0.05, 0.1) is 4.88 Å². The summed E-state index contributed by atoms with van der Waals surface area (Å²) in [5, 5.41) is 0. The van der Waals surface area contributed by atoms with Gasteiger partial charge in [-0.3, -0.25) is 4.79 Å². The van der Waals surface area contributed by atoms with Gasteiger partial charge in [0, 0.05) is 11.3 Å². The lowest BCUT2D eigenvalue weighted by molar-refractivity contribution is 0.0992. The number of ketones is 1. The first-order valence-corrected chi connectivity index (χ1v) is 6.33. The van der Waals surface area contributed by atoms with Crippen LogP contribution in [-0.4, -0.2) is 5.78 Å². The van der Waals surface area contributed by atoms with E-state index in [0.29, 0.717) is 6.42 Å². The van der Waals surface area contributed by atoms with Crippen LogP contribution in [0.3, 0.4) is 0 Å². The lowest BCUT2D eigenvalue weighted by atomic mass is 10.1. The number of halogens is 1. The lowest BCUT2D eigenvalue weighted by Crippen LogP contribution is -1.90. The second kappa shape index (κ2) is 4.80. The van der Waals surface area contributed by atoms with E-state index in [0.717, 1.165) is 20.9 Å². The number of aryl methyl sites for hydroxylation is 1. The van der Waals surface area contributed by atoms with E-state index in [1.54, 1.807) is 6.07 Å². The predicted molar refractivity (Wildman–Crippen MR) is 69.1 cm³/mol. The molecule has 0 saturated heterocycles. The van der Waals surface area contributed by atoms with Gasteiger partial charge >= 0.3 is 0 Å². The van der Waals surface area contributed by atoms with E-state index in [-0.39, 0.29) is 11.6 Å². The summed E-state index contributed by atoms with van der Waals surface area (Å²) in [6.07, 6.45) is 0.502. The number of Topliss-reactive ketones (excluding diaryl/α,β-unsaturated/α-hetero) is 1. The van der Waals surface area contributed by atoms with Crippen LogP contribution in [0.15, 0.2) is 30.3 Å². The molecule has 0 fully saturated rings. The Morgan fingerprint density at radius 2 is 2.06 bits per heavy atom. The number of rotatable bonds is 3. The van der Waals surface area contributed by atoms with Gasteiger partial charge in [-0.15, -0.1) is 11.3 Å². The molecule has 1 heterocycles. The fraction of sp³-hybridized carbons (Fsp3) is 0.214. The zero-order valence-corrected chi connectivity index (χ0v) is 10.6. The maximum atomic E-state index is 13.2. The van der Waals surface area contributed by atoms with Crippen molar-refractivity contribution >= 4 is 17.1 Å². The van der Waals surface area contributed by atoms with E-state index in [2.05, 4.69) is 0 Å². The van der Waals surface area contributed by atoms with Crippen LogP contribution >= 0.6 is 11.3 Å². The molecule has 0 saturated carbocycles. The van der Waals surface area contributed by atoms with Gasteiger partial charge in [-0.05, 0) is 42.3 Å². The van der Waals surface area contributed by atoms with Crippen molar-refractivity contribution in [2.75, 3.05) is 0 Å². The Labute approximate surface area is 104 Å². The zero-order valence-electron chi connectivity index (χ0n) is 9.79. The fourth-order valence-electron chi connectivity index (χ4n) is 1.67. The summed E-state index contributed by atoms with van der Waals surface area (Å²) in [5.41, 5.74) is 1.88. The molecule has 2 aromatic rings. The minimum Gasteiger partial charge on any atom is -0.293 e. The van der Waals surface area contributed by atoms with E-state index in [4.69, 9.17) is 0 Å². The SMILES string of the molecule is CCC(=O)c1ccc(-c2cc(F)ccc2C)s1. The smallest absolute Gasteiger partial charge is 0.172 e. The first-order chi connectivity index (χ1) is 8.11. The molecule has 88 valence electrons. The van der Waals surface area contributed by atoms with Crippen LogP contribution in [0.1, 0.15) is 28.6 Å². The Balaban J connectivity index is 2.43. The molecule has 0 N–H and O–H groups in total. The first kappa shape index (κ1) is 12.0. The molecule has 1 aromatic heterocycles. The third-order valence-electron chi connectivity index (χ3n) is 2.67. The van der Waals surface area contributed by atoms with Gasteiger partial charge in [0.1, 0.15) is 5.82 Å².